The molecule has 1 fully saturated rings. The number of hydrogen-bond donors (Lipinski definition) is 0. The van der Waals surface area contributed by atoms with E-state index >= 15 is 0 Å². The topological polar surface area (TPSA) is 12.5 Å². The second kappa shape index (κ2) is 9.22. The van der Waals surface area contributed by atoms with E-state index in [1.165, 1.54) is 38.9 Å². The Labute approximate surface area is 140 Å². The number of allylic oxidation sites excluding steroid dienone is 1. The molecule has 2 nitrogen and oxygen atoms in total. The number of ether oxygens (including phenoxy) is 1. The fourth-order valence-corrected chi connectivity index (χ4v) is 3.31. The minimum Gasteiger partial charge on any atom is -0.493 e. The number of benzene rings is 1. The van der Waals surface area contributed by atoms with Crippen LogP contribution in [0.2, 0.25) is 5.02 Å². The molecule has 1 aliphatic heterocycles. The zero-order valence-corrected chi connectivity index (χ0v) is 14.4. The van der Waals surface area contributed by atoms with Crippen LogP contribution in [0.1, 0.15) is 38.2 Å². The summed E-state index contributed by atoms with van der Waals surface area (Å²) >= 11 is 6.04. The van der Waals surface area contributed by atoms with Crippen LogP contribution in [0, 0.1) is 5.92 Å². The average molecular weight is 322 g/mol. The minimum absolute atomic E-state index is 0.753. The Morgan fingerprint density at radius 1 is 1.41 bits per heavy atom. The summed E-state index contributed by atoms with van der Waals surface area (Å²) in [6, 6.07) is 5.82. The quantitative estimate of drug-likeness (QED) is 0.495. The van der Waals surface area contributed by atoms with E-state index in [0.717, 1.165) is 41.7 Å². The first kappa shape index (κ1) is 17.4. The van der Waals surface area contributed by atoms with Crippen LogP contribution >= 0.6 is 11.6 Å². The number of hydrogen-bond acceptors (Lipinski definition) is 2. The lowest BCUT2D eigenvalue weighted by molar-refractivity contribution is 0.177. The van der Waals surface area contributed by atoms with Gasteiger partial charge in [0.1, 0.15) is 5.75 Å². The van der Waals surface area contributed by atoms with E-state index < -0.39 is 0 Å². The van der Waals surface area contributed by atoms with Crippen LogP contribution in [0.4, 0.5) is 0 Å². The zero-order valence-electron chi connectivity index (χ0n) is 13.7. The summed E-state index contributed by atoms with van der Waals surface area (Å²) in [4.78, 5) is 2.60. The third-order valence-electron chi connectivity index (χ3n) is 4.25. The lowest BCUT2D eigenvalue weighted by Gasteiger charge is -2.30. The van der Waals surface area contributed by atoms with Crippen LogP contribution in [0.3, 0.4) is 0 Å². The van der Waals surface area contributed by atoms with Gasteiger partial charge < -0.3 is 9.64 Å². The van der Waals surface area contributed by atoms with Crippen LogP contribution in [-0.2, 0) is 6.42 Å². The highest BCUT2D eigenvalue weighted by Gasteiger charge is 2.15. The lowest BCUT2D eigenvalue weighted by Crippen LogP contribution is -2.35. The molecular formula is C19H28ClNO. The Bertz CT molecular complexity index is 475. The molecule has 1 aromatic carbocycles. The largest absolute Gasteiger partial charge is 0.493 e. The number of likely N-dealkylation sites (tertiary alicyclic amines) is 1. The average Bonchev–Trinajstić information content (AvgIpc) is 2.49. The predicted octanol–water partition coefficient (Wildman–Crippen LogP) is 4.96. The maximum atomic E-state index is 6.04. The van der Waals surface area contributed by atoms with Crippen molar-refractivity contribution in [3.8, 4) is 5.75 Å². The van der Waals surface area contributed by atoms with Crippen LogP contribution in [0.15, 0.2) is 30.9 Å². The normalized spacial score (nSPS) is 19.1. The molecule has 0 N–H and O–H groups in total. The molecule has 0 amide bonds. The van der Waals surface area contributed by atoms with Crippen LogP contribution < -0.4 is 4.74 Å². The van der Waals surface area contributed by atoms with Gasteiger partial charge in [0.25, 0.3) is 0 Å². The Morgan fingerprint density at radius 3 is 3.05 bits per heavy atom. The van der Waals surface area contributed by atoms with E-state index in [-0.39, 0.29) is 0 Å². The maximum absolute atomic E-state index is 6.04. The summed E-state index contributed by atoms with van der Waals surface area (Å²) in [7, 11) is 0. The molecule has 122 valence electrons. The molecule has 0 radical (unpaired) electrons. The van der Waals surface area contributed by atoms with Gasteiger partial charge in [0.2, 0.25) is 0 Å². The molecule has 0 saturated carbocycles. The summed E-state index contributed by atoms with van der Waals surface area (Å²) in [6.07, 6.45) is 7.73. The van der Waals surface area contributed by atoms with Gasteiger partial charge in [-0.3, -0.25) is 0 Å². The fraction of sp³-hybridized carbons (Fsp3) is 0.579. The molecule has 1 atom stereocenters. The molecule has 1 aromatic rings. The highest BCUT2D eigenvalue weighted by Crippen LogP contribution is 2.24. The van der Waals surface area contributed by atoms with Crippen molar-refractivity contribution in [2.45, 2.75) is 39.0 Å². The van der Waals surface area contributed by atoms with E-state index in [2.05, 4.69) is 18.4 Å². The van der Waals surface area contributed by atoms with E-state index in [4.69, 9.17) is 16.3 Å². The molecule has 1 heterocycles. The highest BCUT2D eigenvalue weighted by molar-refractivity contribution is 6.30. The number of nitrogens with zero attached hydrogens (tertiary/aromatic N) is 1. The first-order chi connectivity index (χ1) is 10.7. The second-order valence-corrected chi connectivity index (χ2v) is 6.78. The third kappa shape index (κ3) is 5.66. The van der Waals surface area contributed by atoms with Crippen molar-refractivity contribution in [2.75, 3.05) is 26.2 Å². The van der Waals surface area contributed by atoms with Crippen LogP contribution in [0.25, 0.3) is 0 Å². The van der Waals surface area contributed by atoms with Crippen molar-refractivity contribution in [3.63, 3.8) is 0 Å². The van der Waals surface area contributed by atoms with Crippen molar-refractivity contribution in [3.05, 3.63) is 41.4 Å². The Morgan fingerprint density at radius 2 is 2.27 bits per heavy atom. The van der Waals surface area contributed by atoms with Gasteiger partial charge >= 0.3 is 0 Å². The number of unbranched alkanes of at least 4 members (excludes halogenated alkanes) is 1. The van der Waals surface area contributed by atoms with E-state index in [1.807, 2.05) is 24.3 Å². The molecule has 0 unspecified atom stereocenters. The highest BCUT2D eigenvalue weighted by atomic mass is 35.5. The first-order valence-corrected chi connectivity index (χ1v) is 8.81. The SMILES string of the molecule is C=CCc1cc(Cl)ccc1OCCCCN1CCC[C@@H](C)C1. The second-order valence-electron chi connectivity index (χ2n) is 6.35. The van der Waals surface area contributed by atoms with Gasteiger partial charge in [-0.25, -0.2) is 0 Å². The molecule has 1 aliphatic rings. The number of piperidine rings is 1. The molecular weight excluding hydrogens is 294 g/mol. The predicted molar refractivity (Wildman–Crippen MR) is 94.9 cm³/mol. The first-order valence-electron chi connectivity index (χ1n) is 8.43. The molecule has 0 aliphatic carbocycles. The van der Waals surface area contributed by atoms with Gasteiger partial charge in [-0.15, -0.1) is 6.58 Å². The van der Waals surface area contributed by atoms with E-state index in [0.29, 0.717) is 0 Å². The zero-order chi connectivity index (χ0) is 15.8. The number of halogens is 1. The summed E-state index contributed by atoms with van der Waals surface area (Å²) < 4.78 is 5.93. The minimum atomic E-state index is 0.753. The molecule has 22 heavy (non-hydrogen) atoms. The van der Waals surface area contributed by atoms with Crippen molar-refractivity contribution < 1.29 is 4.74 Å². The molecule has 3 heteroatoms. The van der Waals surface area contributed by atoms with Crippen LogP contribution in [-0.4, -0.2) is 31.1 Å². The smallest absolute Gasteiger partial charge is 0.122 e. The summed E-state index contributed by atoms with van der Waals surface area (Å²) in [5, 5.41) is 0.753. The fourth-order valence-electron chi connectivity index (χ4n) is 3.11. The molecule has 0 bridgehead atoms. The van der Waals surface area contributed by atoms with Crippen molar-refractivity contribution in [2.24, 2.45) is 5.92 Å². The standard InChI is InChI=1S/C19H28ClNO/c1-3-7-17-14-18(20)9-10-19(17)22-13-5-4-11-21-12-6-8-16(2)15-21/h3,9-10,14,16H,1,4-8,11-13,15H2,2H3/t16-/m1/s1. The van der Waals surface area contributed by atoms with Crippen molar-refractivity contribution >= 4 is 11.6 Å². The summed E-state index contributed by atoms with van der Waals surface area (Å²) in [5.74, 6) is 1.80. The Hall–Kier alpha value is -0.990. The van der Waals surface area contributed by atoms with Gasteiger partial charge in [-0.05, 0) is 74.9 Å². The summed E-state index contributed by atoms with van der Waals surface area (Å²) in [5.41, 5.74) is 1.12. The maximum Gasteiger partial charge on any atom is 0.122 e. The summed E-state index contributed by atoms with van der Waals surface area (Å²) in [6.45, 7) is 10.7. The van der Waals surface area contributed by atoms with Gasteiger partial charge in [0.05, 0.1) is 6.61 Å². The van der Waals surface area contributed by atoms with Crippen molar-refractivity contribution in [1.29, 1.82) is 0 Å². The van der Waals surface area contributed by atoms with E-state index in [1.54, 1.807) is 0 Å². The molecule has 0 aromatic heterocycles. The van der Waals surface area contributed by atoms with Gasteiger partial charge in [-0.1, -0.05) is 24.6 Å². The Balaban J connectivity index is 1.69. The van der Waals surface area contributed by atoms with Gasteiger partial charge in [0, 0.05) is 11.6 Å². The van der Waals surface area contributed by atoms with Crippen molar-refractivity contribution in [1.82, 2.24) is 4.90 Å². The van der Waals surface area contributed by atoms with Gasteiger partial charge in [0.15, 0.2) is 0 Å². The third-order valence-corrected chi connectivity index (χ3v) is 4.49. The number of rotatable bonds is 8. The molecule has 1 saturated heterocycles. The Kier molecular flexibility index (Phi) is 7.28. The molecule has 2 rings (SSSR count). The van der Waals surface area contributed by atoms with Gasteiger partial charge in [-0.2, -0.15) is 0 Å². The molecule has 0 spiro atoms. The van der Waals surface area contributed by atoms with E-state index in [9.17, 15) is 0 Å². The monoisotopic (exact) mass is 321 g/mol. The lowest BCUT2D eigenvalue weighted by atomic mass is 10.0. The van der Waals surface area contributed by atoms with Crippen LogP contribution in [0.5, 0.6) is 5.75 Å².